The topological polar surface area (TPSA) is 21.7 Å². The van der Waals surface area contributed by atoms with E-state index in [9.17, 15) is 0 Å². The van der Waals surface area contributed by atoms with Gasteiger partial charge in [0.05, 0.1) is 38.5 Å². The van der Waals surface area contributed by atoms with E-state index in [4.69, 9.17) is 21.1 Å². The minimum Gasteiger partial charge on any atom is -0.377 e. The monoisotopic (exact) mass is 421 g/mol. The van der Waals surface area contributed by atoms with Gasteiger partial charge in [-0.25, -0.2) is 0 Å². The molecule has 0 bridgehead atoms. The van der Waals surface area contributed by atoms with Crippen molar-refractivity contribution < 1.29 is 9.47 Å². The van der Waals surface area contributed by atoms with Crippen molar-refractivity contribution in [3.63, 3.8) is 0 Å². The van der Waals surface area contributed by atoms with Gasteiger partial charge in [-0.2, -0.15) is 0 Å². The molecular formula is C26H28ClNO2. The number of rotatable bonds is 7. The first-order valence-electron chi connectivity index (χ1n) is 10.5. The van der Waals surface area contributed by atoms with E-state index >= 15 is 0 Å². The van der Waals surface area contributed by atoms with Crippen molar-refractivity contribution in [2.24, 2.45) is 0 Å². The van der Waals surface area contributed by atoms with E-state index in [2.05, 4.69) is 60.4 Å². The van der Waals surface area contributed by atoms with Crippen LogP contribution < -0.4 is 4.90 Å². The van der Waals surface area contributed by atoms with Crippen molar-refractivity contribution in [3.05, 3.63) is 101 Å². The number of benzene rings is 3. The van der Waals surface area contributed by atoms with E-state index in [0.717, 1.165) is 17.1 Å². The molecule has 0 spiro atoms. The van der Waals surface area contributed by atoms with Crippen LogP contribution in [0, 0.1) is 6.92 Å². The van der Waals surface area contributed by atoms with Gasteiger partial charge in [0.25, 0.3) is 0 Å². The molecule has 30 heavy (non-hydrogen) atoms. The molecule has 4 rings (SSSR count). The highest BCUT2D eigenvalue weighted by molar-refractivity contribution is 6.30. The Morgan fingerprint density at radius 2 is 1.57 bits per heavy atom. The first-order valence-corrected chi connectivity index (χ1v) is 10.9. The third-order valence-corrected chi connectivity index (χ3v) is 5.80. The molecule has 1 fully saturated rings. The number of anilines is 1. The fourth-order valence-electron chi connectivity index (χ4n) is 4.00. The molecule has 0 radical (unpaired) electrons. The van der Waals surface area contributed by atoms with Gasteiger partial charge in [-0.3, -0.25) is 0 Å². The summed E-state index contributed by atoms with van der Waals surface area (Å²) in [4.78, 5) is 2.46. The van der Waals surface area contributed by atoms with Crippen molar-refractivity contribution in [1.29, 1.82) is 0 Å². The second-order valence-electron chi connectivity index (χ2n) is 7.92. The Labute approximate surface area is 184 Å². The highest BCUT2D eigenvalue weighted by Crippen LogP contribution is 2.27. The number of nitrogens with zero attached hydrogens (tertiary/aromatic N) is 1. The summed E-state index contributed by atoms with van der Waals surface area (Å²) in [5, 5.41) is 0.749. The summed E-state index contributed by atoms with van der Waals surface area (Å²) in [5.74, 6) is 0. The van der Waals surface area contributed by atoms with Crippen LogP contribution in [0.15, 0.2) is 78.9 Å². The second kappa shape index (κ2) is 10.1. The molecule has 3 aromatic carbocycles. The van der Waals surface area contributed by atoms with E-state index in [1.54, 1.807) is 0 Å². The number of morpholine rings is 1. The number of hydrogen-bond donors (Lipinski definition) is 0. The maximum atomic E-state index is 6.15. The molecule has 0 aromatic heterocycles. The lowest BCUT2D eigenvalue weighted by Gasteiger charge is -2.43. The molecule has 3 nitrogen and oxygen atoms in total. The van der Waals surface area contributed by atoms with Crippen LogP contribution >= 0.6 is 11.6 Å². The predicted octanol–water partition coefficient (Wildman–Crippen LogP) is 5.68. The molecule has 4 heteroatoms. The smallest absolute Gasteiger partial charge is 0.0761 e. The normalized spacial score (nSPS) is 19.1. The van der Waals surface area contributed by atoms with Crippen molar-refractivity contribution >= 4 is 17.3 Å². The SMILES string of the molecule is Cc1ccc(C[C@@H]2COC[C@H](COCc3ccccc3)N2c2ccc(Cl)cc2)cc1. The number of ether oxygens (including phenoxy) is 2. The van der Waals surface area contributed by atoms with E-state index < -0.39 is 0 Å². The van der Waals surface area contributed by atoms with E-state index in [1.165, 1.54) is 16.7 Å². The zero-order valence-electron chi connectivity index (χ0n) is 17.3. The fraction of sp³-hybridized carbons (Fsp3) is 0.308. The van der Waals surface area contributed by atoms with Gasteiger partial charge in [-0.05, 0) is 48.7 Å². The van der Waals surface area contributed by atoms with Crippen LogP contribution in [0.25, 0.3) is 0 Å². The summed E-state index contributed by atoms with van der Waals surface area (Å²) >= 11 is 6.15. The average Bonchev–Trinajstić information content (AvgIpc) is 2.77. The summed E-state index contributed by atoms with van der Waals surface area (Å²) in [5.41, 5.74) is 4.94. The molecule has 156 valence electrons. The molecular weight excluding hydrogens is 394 g/mol. The van der Waals surface area contributed by atoms with Crippen LogP contribution in [0.4, 0.5) is 5.69 Å². The molecule has 0 saturated carbocycles. The van der Waals surface area contributed by atoms with Crippen LogP contribution in [0.2, 0.25) is 5.02 Å². The van der Waals surface area contributed by atoms with Gasteiger partial charge in [-0.1, -0.05) is 71.8 Å². The Morgan fingerprint density at radius 1 is 0.867 bits per heavy atom. The largest absolute Gasteiger partial charge is 0.377 e. The van der Waals surface area contributed by atoms with Gasteiger partial charge in [0, 0.05) is 10.7 Å². The van der Waals surface area contributed by atoms with E-state index in [1.807, 2.05) is 30.3 Å². The summed E-state index contributed by atoms with van der Waals surface area (Å²) in [7, 11) is 0. The molecule has 0 aliphatic carbocycles. The number of hydrogen-bond acceptors (Lipinski definition) is 3. The van der Waals surface area contributed by atoms with Crippen LogP contribution in [0.3, 0.4) is 0 Å². The van der Waals surface area contributed by atoms with Gasteiger partial charge in [0.1, 0.15) is 0 Å². The van der Waals surface area contributed by atoms with Gasteiger partial charge >= 0.3 is 0 Å². The fourth-order valence-corrected chi connectivity index (χ4v) is 4.13. The second-order valence-corrected chi connectivity index (χ2v) is 8.36. The molecule has 0 unspecified atom stereocenters. The third kappa shape index (κ3) is 5.42. The Hall–Kier alpha value is -2.33. The highest BCUT2D eigenvalue weighted by Gasteiger charge is 2.32. The molecule has 1 heterocycles. The van der Waals surface area contributed by atoms with Gasteiger partial charge in [0.15, 0.2) is 0 Å². The van der Waals surface area contributed by atoms with Crippen molar-refractivity contribution in [3.8, 4) is 0 Å². The van der Waals surface area contributed by atoms with Crippen LogP contribution in [-0.2, 0) is 22.5 Å². The third-order valence-electron chi connectivity index (χ3n) is 5.55. The van der Waals surface area contributed by atoms with Crippen molar-refractivity contribution in [1.82, 2.24) is 0 Å². The van der Waals surface area contributed by atoms with Crippen LogP contribution in [0.5, 0.6) is 0 Å². The van der Waals surface area contributed by atoms with Crippen molar-refractivity contribution in [2.45, 2.75) is 32.0 Å². The first kappa shape index (κ1) is 20.9. The summed E-state index contributed by atoms with van der Waals surface area (Å²) in [6.45, 7) is 4.69. The number of halogens is 1. The molecule has 3 aromatic rings. The Bertz CT molecular complexity index is 912. The summed E-state index contributed by atoms with van der Waals surface area (Å²) in [6.07, 6.45) is 0.929. The minimum absolute atomic E-state index is 0.152. The highest BCUT2D eigenvalue weighted by atomic mass is 35.5. The van der Waals surface area contributed by atoms with Crippen LogP contribution in [0.1, 0.15) is 16.7 Å². The molecule has 0 amide bonds. The lowest BCUT2D eigenvalue weighted by molar-refractivity contribution is 0.0221. The Morgan fingerprint density at radius 3 is 2.30 bits per heavy atom. The maximum Gasteiger partial charge on any atom is 0.0761 e. The van der Waals surface area contributed by atoms with Crippen molar-refractivity contribution in [2.75, 3.05) is 24.7 Å². The van der Waals surface area contributed by atoms with Gasteiger partial charge in [-0.15, -0.1) is 0 Å². The van der Waals surface area contributed by atoms with Gasteiger partial charge < -0.3 is 14.4 Å². The average molecular weight is 422 g/mol. The van der Waals surface area contributed by atoms with E-state index in [0.29, 0.717) is 26.4 Å². The lowest BCUT2D eigenvalue weighted by Crippen LogP contribution is -2.55. The maximum absolute atomic E-state index is 6.15. The van der Waals surface area contributed by atoms with Gasteiger partial charge in [0.2, 0.25) is 0 Å². The Balaban J connectivity index is 1.51. The molecule has 2 atom stereocenters. The number of aryl methyl sites for hydroxylation is 1. The minimum atomic E-state index is 0.152. The first-order chi connectivity index (χ1) is 14.7. The zero-order chi connectivity index (χ0) is 20.8. The van der Waals surface area contributed by atoms with Crippen LogP contribution in [-0.4, -0.2) is 31.9 Å². The zero-order valence-corrected chi connectivity index (χ0v) is 18.1. The van der Waals surface area contributed by atoms with E-state index in [-0.39, 0.29) is 12.1 Å². The molecule has 0 N–H and O–H groups in total. The predicted molar refractivity (Wildman–Crippen MR) is 123 cm³/mol. The quantitative estimate of drug-likeness (QED) is 0.489. The molecule has 1 aliphatic heterocycles. The molecule has 1 aliphatic rings. The standard InChI is InChI=1S/C26H28ClNO2/c1-20-7-9-21(10-8-20)15-25-17-30-19-26(18-29-16-22-5-3-2-4-6-22)28(25)24-13-11-23(27)12-14-24/h2-14,25-26H,15-19H2,1H3/t25-,26+/m1/s1. The lowest BCUT2D eigenvalue weighted by atomic mass is 10.00. The summed E-state index contributed by atoms with van der Waals surface area (Å²) in [6, 6.07) is 27.6. The molecule has 1 saturated heterocycles. The Kier molecular flexibility index (Phi) is 7.06. The summed E-state index contributed by atoms with van der Waals surface area (Å²) < 4.78 is 12.1.